The molecule has 0 spiro atoms. The van der Waals surface area contributed by atoms with Crippen LogP contribution in [0.2, 0.25) is 0 Å². The number of carboxylic acids is 1. The number of carbonyl (C=O) groups is 1. The fourth-order valence-electron chi connectivity index (χ4n) is 4.01. The molecule has 6 nitrogen and oxygen atoms in total. The van der Waals surface area contributed by atoms with Crippen molar-refractivity contribution in [3.63, 3.8) is 0 Å². The van der Waals surface area contributed by atoms with Crippen molar-refractivity contribution in [2.24, 2.45) is 5.92 Å². The zero-order valence-electron chi connectivity index (χ0n) is 20.6. The Bertz CT molecular complexity index is 1320. The number of benzene rings is 2. The van der Waals surface area contributed by atoms with E-state index in [-0.39, 0.29) is 18.0 Å². The molecule has 0 fully saturated rings. The first-order valence-corrected chi connectivity index (χ1v) is 12.7. The lowest BCUT2D eigenvalue weighted by molar-refractivity contribution is -0.146. The van der Waals surface area contributed by atoms with Crippen molar-refractivity contribution >= 4 is 14.0 Å². The highest BCUT2D eigenvalue weighted by atomic mass is 31.1. The standard InChI is InChI=1S/C28H29FNO5P/c1-19(2)16-17-28(26(31)32,36(34)35-4)27(33,18-21-11-13-23(29)14-12-21)24-15-10-20(3)25(30-24)22-8-6-5-7-9-22/h5-15,19,33,36H,18H2,1-4H3,(H,31,32). The average Bonchev–Trinajstić information content (AvgIpc) is 2.86. The summed E-state index contributed by atoms with van der Waals surface area (Å²) in [5, 5.41) is 20.3. The first-order chi connectivity index (χ1) is 17.0. The molecule has 3 rings (SSSR count). The topological polar surface area (TPSA) is 96.7 Å². The lowest BCUT2D eigenvalue weighted by Crippen LogP contribution is -2.56. The van der Waals surface area contributed by atoms with Gasteiger partial charge < -0.3 is 14.7 Å². The monoisotopic (exact) mass is 509 g/mol. The van der Waals surface area contributed by atoms with Crippen LogP contribution < -0.4 is 0 Å². The van der Waals surface area contributed by atoms with Crippen molar-refractivity contribution in [3.8, 4) is 23.1 Å². The number of halogens is 1. The summed E-state index contributed by atoms with van der Waals surface area (Å²) < 4.78 is 32.1. The van der Waals surface area contributed by atoms with Gasteiger partial charge in [0.05, 0.1) is 11.4 Å². The third-order valence-corrected chi connectivity index (χ3v) is 7.66. The molecule has 0 aliphatic carbocycles. The van der Waals surface area contributed by atoms with Crippen molar-refractivity contribution in [1.82, 2.24) is 4.98 Å². The number of rotatable bonds is 8. The summed E-state index contributed by atoms with van der Waals surface area (Å²) in [5.41, 5.74) is 0.0515. The molecule has 1 aromatic heterocycles. The second-order valence-corrected chi connectivity index (χ2v) is 10.6. The Morgan fingerprint density at radius 1 is 1.11 bits per heavy atom. The maximum absolute atomic E-state index is 13.6. The van der Waals surface area contributed by atoms with Gasteiger partial charge in [-0.1, -0.05) is 74.2 Å². The Labute approximate surface area is 211 Å². The van der Waals surface area contributed by atoms with E-state index in [2.05, 4.69) is 16.8 Å². The van der Waals surface area contributed by atoms with Crippen LogP contribution in [-0.2, 0) is 25.9 Å². The molecule has 8 heteroatoms. The van der Waals surface area contributed by atoms with Gasteiger partial charge in [0, 0.05) is 25.0 Å². The molecule has 0 aliphatic heterocycles. The van der Waals surface area contributed by atoms with Crippen molar-refractivity contribution in [3.05, 3.63) is 89.4 Å². The number of hydrogen-bond donors (Lipinski definition) is 2. The molecule has 3 unspecified atom stereocenters. The maximum atomic E-state index is 13.6. The Hall–Kier alpha value is -3.30. The molecule has 188 valence electrons. The lowest BCUT2D eigenvalue weighted by atomic mass is 9.78. The molecular formula is C28H29FNO5P. The number of aliphatic hydroxyl groups is 1. The van der Waals surface area contributed by atoms with E-state index in [0.717, 1.165) is 18.2 Å². The van der Waals surface area contributed by atoms with Crippen LogP contribution in [0.4, 0.5) is 4.39 Å². The van der Waals surface area contributed by atoms with Crippen LogP contribution in [0.1, 0.15) is 30.7 Å². The number of nitrogens with zero attached hydrogens (tertiary/aromatic N) is 1. The highest BCUT2D eigenvalue weighted by molar-refractivity contribution is 7.43. The van der Waals surface area contributed by atoms with Crippen LogP contribution in [0.5, 0.6) is 0 Å². The molecule has 36 heavy (non-hydrogen) atoms. The number of pyridine rings is 1. The molecule has 0 saturated heterocycles. The van der Waals surface area contributed by atoms with Gasteiger partial charge in [0.2, 0.25) is 13.2 Å². The minimum absolute atomic E-state index is 0.0351. The number of carboxylic acid groups (broad SMARTS) is 1. The van der Waals surface area contributed by atoms with E-state index in [1.807, 2.05) is 37.3 Å². The minimum Gasteiger partial charge on any atom is -0.480 e. The number of aromatic nitrogens is 1. The summed E-state index contributed by atoms with van der Waals surface area (Å²) in [7, 11) is -2.41. The fourth-order valence-corrected chi connectivity index (χ4v) is 5.22. The van der Waals surface area contributed by atoms with Crippen LogP contribution in [-0.4, -0.2) is 33.4 Å². The third kappa shape index (κ3) is 5.27. The second-order valence-electron chi connectivity index (χ2n) is 8.86. The van der Waals surface area contributed by atoms with Crippen LogP contribution in [0, 0.1) is 30.5 Å². The number of aryl methyl sites for hydroxylation is 1. The van der Waals surface area contributed by atoms with Crippen molar-refractivity contribution in [2.75, 3.05) is 7.11 Å². The highest BCUT2D eigenvalue weighted by Gasteiger charge is 2.62. The molecule has 0 amide bonds. The summed E-state index contributed by atoms with van der Waals surface area (Å²) in [4.78, 5) is 17.6. The summed E-state index contributed by atoms with van der Waals surface area (Å²) in [6.45, 7) is 5.35. The summed E-state index contributed by atoms with van der Waals surface area (Å²) in [6, 6.07) is 17.7. The van der Waals surface area contributed by atoms with E-state index in [0.29, 0.717) is 11.3 Å². The molecule has 0 bridgehead atoms. The summed E-state index contributed by atoms with van der Waals surface area (Å²) >= 11 is 0. The SMILES string of the molecule is CO[PH](=O)C(C#CC(C)C)(C(=O)O)C(O)(Cc1ccc(F)cc1)c1ccc(C)c(-c2ccccc2)n1. The van der Waals surface area contributed by atoms with Crippen LogP contribution in [0.3, 0.4) is 0 Å². The second kappa shape index (κ2) is 11.2. The van der Waals surface area contributed by atoms with Gasteiger partial charge in [-0.05, 0) is 36.2 Å². The zero-order valence-corrected chi connectivity index (χ0v) is 21.6. The third-order valence-electron chi connectivity index (χ3n) is 5.92. The molecular weight excluding hydrogens is 480 g/mol. The Balaban J connectivity index is 2.39. The van der Waals surface area contributed by atoms with Gasteiger partial charge in [0.1, 0.15) is 11.4 Å². The first-order valence-electron chi connectivity index (χ1n) is 11.4. The van der Waals surface area contributed by atoms with E-state index in [1.165, 1.54) is 30.3 Å². The molecule has 3 aromatic rings. The predicted octanol–water partition coefficient (Wildman–Crippen LogP) is 5.23. The van der Waals surface area contributed by atoms with Crippen LogP contribution in [0.15, 0.2) is 66.7 Å². The van der Waals surface area contributed by atoms with E-state index < -0.39 is 30.6 Å². The van der Waals surface area contributed by atoms with E-state index in [9.17, 15) is 24.0 Å². The van der Waals surface area contributed by atoms with Crippen LogP contribution >= 0.6 is 8.03 Å². The molecule has 2 N–H and O–H groups in total. The zero-order chi connectivity index (χ0) is 26.5. The lowest BCUT2D eigenvalue weighted by Gasteiger charge is -2.40. The van der Waals surface area contributed by atoms with Gasteiger partial charge in [-0.25, -0.2) is 14.2 Å². The molecule has 0 saturated carbocycles. The summed E-state index contributed by atoms with van der Waals surface area (Å²) in [6.07, 6.45) is -0.351. The smallest absolute Gasteiger partial charge is 0.335 e. The van der Waals surface area contributed by atoms with E-state index in [1.54, 1.807) is 19.9 Å². The van der Waals surface area contributed by atoms with Gasteiger partial charge in [-0.3, -0.25) is 4.57 Å². The van der Waals surface area contributed by atoms with Gasteiger partial charge in [0.15, 0.2) is 0 Å². The molecule has 2 aromatic carbocycles. The van der Waals surface area contributed by atoms with Gasteiger partial charge in [0.25, 0.3) is 0 Å². The quantitative estimate of drug-likeness (QED) is 0.319. The molecule has 1 heterocycles. The van der Waals surface area contributed by atoms with Crippen molar-refractivity contribution in [2.45, 2.75) is 37.9 Å². The van der Waals surface area contributed by atoms with Gasteiger partial charge in [-0.2, -0.15) is 0 Å². The van der Waals surface area contributed by atoms with Gasteiger partial charge in [-0.15, -0.1) is 0 Å². The largest absolute Gasteiger partial charge is 0.480 e. The Kier molecular flexibility index (Phi) is 8.47. The molecule has 3 atom stereocenters. The predicted molar refractivity (Wildman–Crippen MR) is 137 cm³/mol. The van der Waals surface area contributed by atoms with Crippen molar-refractivity contribution < 1.29 is 28.5 Å². The van der Waals surface area contributed by atoms with Crippen molar-refractivity contribution in [1.29, 1.82) is 0 Å². The summed E-state index contributed by atoms with van der Waals surface area (Å²) in [5.74, 6) is 3.03. The maximum Gasteiger partial charge on any atom is 0.335 e. The average molecular weight is 510 g/mol. The number of aliphatic carboxylic acids is 1. The van der Waals surface area contributed by atoms with Gasteiger partial charge >= 0.3 is 5.97 Å². The normalized spacial score (nSPS) is 15.3. The van der Waals surface area contributed by atoms with E-state index in [4.69, 9.17) is 4.52 Å². The molecule has 0 aliphatic rings. The minimum atomic E-state index is -3.53. The Morgan fingerprint density at radius 2 is 1.75 bits per heavy atom. The van der Waals surface area contributed by atoms with E-state index >= 15 is 0 Å². The van der Waals surface area contributed by atoms with Crippen LogP contribution in [0.25, 0.3) is 11.3 Å². The Morgan fingerprint density at radius 3 is 2.31 bits per heavy atom. The number of hydrogen-bond acceptors (Lipinski definition) is 5. The fraction of sp³-hybridized carbons (Fsp3) is 0.286. The molecule has 0 radical (unpaired) electrons. The first kappa shape index (κ1) is 27.3. The highest BCUT2D eigenvalue weighted by Crippen LogP contribution is 2.53.